The van der Waals surface area contributed by atoms with Crippen LogP contribution < -0.4 is 5.73 Å². The topological polar surface area (TPSA) is 63.3 Å². The lowest BCUT2D eigenvalue weighted by molar-refractivity contribution is -0.137. The van der Waals surface area contributed by atoms with Gasteiger partial charge in [-0.25, -0.2) is 0 Å². The van der Waals surface area contributed by atoms with E-state index in [0.29, 0.717) is 0 Å². The minimum Gasteiger partial charge on any atom is -0.480 e. The van der Waals surface area contributed by atoms with E-state index in [1.807, 2.05) is 0 Å². The van der Waals surface area contributed by atoms with Crippen molar-refractivity contribution in [2.45, 2.75) is 6.04 Å². The Kier molecular flexibility index (Phi) is 8.06. The van der Waals surface area contributed by atoms with Gasteiger partial charge < -0.3 is 10.8 Å². The average molecular weight is 147 g/mol. The van der Waals surface area contributed by atoms with Gasteiger partial charge in [0.25, 0.3) is 0 Å². The summed E-state index contributed by atoms with van der Waals surface area (Å²) in [4.78, 5) is 9.76. The fourth-order valence-corrected chi connectivity index (χ4v) is 0.234. The molecule has 8 heavy (non-hydrogen) atoms. The summed E-state index contributed by atoms with van der Waals surface area (Å²) >= 11 is 3.65. The van der Waals surface area contributed by atoms with Crippen molar-refractivity contribution in [3.05, 3.63) is 0 Å². The molecule has 0 aliphatic carbocycles. The van der Waals surface area contributed by atoms with Crippen LogP contribution in [0, 0.1) is 0 Å². The highest BCUT2D eigenvalue weighted by Gasteiger charge is 2.06. The number of rotatable bonds is 2. The van der Waals surface area contributed by atoms with Crippen LogP contribution in [0.4, 0.5) is 0 Å². The van der Waals surface area contributed by atoms with Gasteiger partial charge in [-0.1, -0.05) is 0 Å². The van der Waals surface area contributed by atoms with Crippen LogP contribution in [-0.2, 0) is 4.79 Å². The Morgan fingerprint density at radius 1 is 1.88 bits per heavy atom. The SMILES string of the molecule is NC(CS)C(=O)O.[MgH2]. The number of carboxylic acids is 1. The molecule has 0 aliphatic heterocycles. The molecule has 0 aliphatic rings. The highest BCUT2D eigenvalue weighted by atomic mass is 32.1. The van der Waals surface area contributed by atoms with E-state index < -0.39 is 12.0 Å². The Morgan fingerprint density at radius 2 is 2.25 bits per heavy atom. The van der Waals surface area contributed by atoms with Crippen molar-refractivity contribution in [2.75, 3.05) is 5.75 Å². The first kappa shape index (κ1) is 11.4. The van der Waals surface area contributed by atoms with Crippen molar-refractivity contribution in [2.24, 2.45) is 5.73 Å². The summed E-state index contributed by atoms with van der Waals surface area (Å²) in [5.41, 5.74) is 4.94. The molecule has 3 nitrogen and oxygen atoms in total. The van der Waals surface area contributed by atoms with Crippen molar-refractivity contribution in [1.29, 1.82) is 0 Å². The van der Waals surface area contributed by atoms with Crippen molar-refractivity contribution in [1.82, 2.24) is 0 Å². The Hall–Kier alpha value is 0.546. The average Bonchev–Trinajstić information content (AvgIpc) is 1.65. The van der Waals surface area contributed by atoms with E-state index >= 15 is 0 Å². The number of hydrogen-bond acceptors (Lipinski definition) is 3. The van der Waals surface area contributed by atoms with Gasteiger partial charge in [0.15, 0.2) is 0 Å². The smallest absolute Gasteiger partial charge is 0.321 e. The van der Waals surface area contributed by atoms with Gasteiger partial charge in [0.2, 0.25) is 0 Å². The van der Waals surface area contributed by atoms with Crippen LogP contribution in [0.15, 0.2) is 0 Å². The molecule has 5 heteroatoms. The third kappa shape index (κ3) is 4.70. The third-order valence-corrected chi connectivity index (χ3v) is 0.907. The summed E-state index contributed by atoms with van der Waals surface area (Å²) in [5.74, 6) is -0.815. The minimum absolute atomic E-state index is 0. The molecule has 46 valence electrons. The maximum absolute atomic E-state index is 9.76. The first-order valence-corrected chi connectivity index (χ1v) is 2.41. The molecule has 1 unspecified atom stereocenters. The zero-order valence-corrected chi connectivity index (χ0v) is 4.56. The maximum atomic E-state index is 9.76. The molecule has 0 fully saturated rings. The molecule has 0 saturated heterocycles. The second-order valence-corrected chi connectivity index (χ2v) is 1.49. The number of thiol groups is 1. The predicted octanol–water partition coefficient (Wildman–Crippen LogP) is -1.59. The molecule has 0 amide bonds. The summed E-state index contributed by atoms with van der Waals surface area (Å²) in [5, 5.41) is 8.01. The second kappa shape index (κ2) is 5.68. The van der Waals surface area contributed by atoms with E-state index in [-0.39, 0.29) is 28.8 Å². The van der Waals surface area contributed by atoms with Crippen LogP contribution in [0.2, 0.25) is 0 Å². The lowest BCUT2D eigenvalue weighted by Gasteiger charge is -1.96. The highest BCUT2D eigenvalue weighted by Crippen LogP contribution is 1.80. The third-order valence-electron chi connectivity index (χ3n) is 0.514. The summed E-state index contributed by atoms with van der Waals surface area (Å²) in [6, 6.07) is -0.816. The van der Waals surface area contributed by atoms with E-state index in [1.54, 1.807) is 0 Å². The fourth-order valence-electron chi connectivity index (χ4n) is 0.0781. The molecule has 0 saturated carbocycles. The Balaban J connectivity index is 0. The Morgan fingerprint density at radius 3 is 2.25 bits per heavy atom. The van der Waals surface area contributed by atoms with Crippen molar-refractivity contribution in [3.8, 4) is 0 Å². The van der Waals surface area contributed by atoms with Gasteiger partial charge in [-0.05, 0) is 0 Å². The van der Waals surface area contributed by atoms with E-state index in [1.165, 1.54) is 0 Å². The molecule has 0 rings (SSSR count). The second-order valence-electron chi connectivity index (χ2n) is 1.13. The number of hydrogen-bond donors (Lipinski definition) is 3. The van der Waals surface area contributed by atoms with E-state index in [9.17, 15) is 4.79 Å². The van der Waals surface area contributed by atoms with Crippen LogP contribution in [0.1, 0.15) is 0 Å². The molecule has 0 heterocycles. The summed E-state index contributed by atoms with van der Waals surface area (Å²) in [7, 11) is 0. The Bertz CT molecular complexity index is 79.7. The van der Waals surface area contributed by atoms with Gasteiger partial charge >= 0.3 is 29.0 Å². The van der Waals surface area contributed by atoms with E-state index in [0.717, 1.165) is 0 Å². The van der Waals surface area contributed by atoms with E-state index in [4.69, 9.17) is 10.8 Å². The van der Waals surface area contributed by atoms with Gasteiger partial charge in [-0.2, -0.15) is 12.6 Å². The molecular weight excluding hydrogens is 138 g/mol. The highest BCUT2D eigenvalue weighted by molar-refractivity contribution is 7.80. The van der Waals surface area contributed by atoms with Crippen LogP contribution in [-0.4, -0.2) is 45.9 Å². The normalized spacial score (nSPS) is 11.8. The first-order valence-electron chi connectivity index (χ1n) is 1.77. The molecule has 3 N–H and O–H groups in total. The van der Waals surface area contributed by atoms with Crippen molar-refractivity contribution >= 4 is 41.7 Å². The maximum Gasteiger partial charge on any atom is 0.321 e. The van der Waals surface area contributed by atoms with Crippen LogP contribution in [0.5, 0.6) is 0 Å². The lowest BCUT2D eigenvalue weighted by Crippen LogP contribution is -2.31. The molecule has 0 radical (unpaired) electrons. The van der Waals surface area contributed by atoms with Gasteiger partial charge in [0.05, 0.1) is 0 Å². The van der Waals surface area contributed by atoms with Crippen LogP contribution in [0.3, 0.4) is 0 Å². The zero-order valence-electron chi connectivity index (χ0n) is 3.66. The number of aliphatic carboxylic acids is 1. The quantitative estimate of drug-likeness (QED) is 0.326. The standard InChI is InChI=1S/C3H7NO2S.Mg.2H/c4-2(1-7)3(5)6;;;/h2,7H,1,4H2,(H,5,6);;;. The summed E-state index contributed by atoms with van der Waals surface area (Å²) in [6.45, 7) is 0. The molecule has 0 bridgehead atoms. The predicted molar refractivity (Wildman–Crippen MR) is 38.0 cm³/mol. The summed E-state index contributed by atoms with van der Waals surface area (Å²) in [6.07, 6.45) is 0. The van der Waals surface area contributed by atoms with Gasteiger partial charge in [0.1, 0.15) is 6.04 Å². The molecular formula is C3H9MgNO2S. The zero-order chi connectivity index (χ0) is 5.86. The molecule has 0 aromatic rings. The lowest BCUT2D eigenvalue weighted by atomic mass is 10.4. The van der Waals surface area contributed by atoms with E-state index in [2.05, 4.69) is 12.6 Å². The molecule has 0 aromatic heterocycles. The first-order chi connectivity index (χ1) is 3.18. The summed E-state index contributed by atoms with van der Waals surface area (Å²) < 4.78 is 0. The number of carboxylic acid groups (broad SMARTS) is 1. The van der Waals surface area contributed by atoms with Crippen molar-refractivity contribution in [3.63, 3.8) is 0 Å². The molecule has 0 aromatic carbocycles. The van der Waals surface area contributed by atoms with Gasteiger partial charge in [-0.3, -0.25) is 4.79 Å². The number of nitrogens with two attached hydrogens (primary N) is 1. The van der Waals surface area contributed by atoms with Crippen LogP contribution >= 0.6 is 12.6 Å². The Labute approximate surface area is 69.2 Å². The minimum atomic E-state index is -1.00. The number of carbonyl (C=O) groups is 1. The van der Waals surface area contributed by atoms with Crippen LogP contribution in [0.25, 0.3) is 0 Å². The largest absolute Gasteiger partial charge is 0.480 e. The monoisotopic (exact) mass is 147 g/mol. The molecule has 1 atom stereocenters. The molecule has 0 spiro atoms. The fraction of sp³-hybridized carbons (Fsp3) is 0.667. The van der Waals surface area contributed by atoms with Crippen molar-refractivity contribution < 1.29 is 9.90 Å². The van der Waals surface area contributed by atoms with Gasteiger partial charge in [0, 0.05) is 5.75 Å². The van der Waals surface area contributed by atoms with Gasteiger partial charge in [-0.15, -0.1) is 0 Å².